The summed E-state index contributed by atoms with van der Waals surface area (Å²) in [6.45, 7) is 3.61. The highest BCUT2D eigenvalue weighted by atomic mass is 32.2. The van der Waals surface area contributed by atoms with Gasteiger partial charge in [0.2, 0.25) is 0 Å². The molecule has 3 rings (SSSR count). The fourth-order valence-corrected chi connectivity index (χ4v) is 3.82. The van der Waals surface area contributed by atoms with Crippen molar-refractivity contribution in [1.29, 1.82) is 0 Å². The van der Waals surface area contributed by atoms with Crippen molar-refractivity contribution < 1.29 is 9.18 Å². The minimum absolute atomic E-state index is 0.0976. The maximum atomic E-state index is 13.7. The van der Waals surface area contributed by atoms with Gasteiger partial charge >= 0.3 is 0 Å². The number of rotatable bonds is 4. The van der Waals surface area contributed by atoms with Crippen LogP contribution in [-0.4, -0.2) is 17.3 Å². The molecule has 124 valence electrons. The Hall–Kier alpha value is -1.87. The molecular weight excluding hydrogens is 319 g/mol. The summed E-state index contributed by atoms with van der Waals surface area (Å²) in [5, 5.41) is 0.544. The summed E-state index contributed by atoms with van der Waals surface area (Å²) >= 11 is 1.85. The molecule has 24 heavy (non-hydrogen) atoms. The third kappa shape index (κ3) is 3.32. The second-order valence-corrected chi connectivity index (χ2v) is 7.38. The van der Waals surface area contributed by atoms with Crippen molar-refractivity contribution >= 4 is 28.7 Å². The Morgan fingerprint density at radius 2 is 2.17 bits per heavy atom. The van der Waals surface area contributed by atoms with E-state index < -0.39 is 0 Å². The van der Waals surface area contributed by atoms with Gasteiger partial charge in [0.25, 0.3) is 0 Å². The van der Waals surface area contributed by atoms with Gasteiger partial charge in [-0.15, -0.1) is 0 Å². The first-order valence-electron chi connectivity index (χ1n) is 8.12. The molecule has 3 heteroatoms. The van der Waals surface area contributed by atoms with Gasteiger partial charge < -0.3 is 0 Å². The molecule has 0 aromatic heterocycles. The fraction of sp³-hybridized carbons (Fsp3) is 0.286. The number of thioether (sulfide) groups is 1. The van der Waals surface area contributed by atoms with E-state index in [1.165, 1.54) is 11.6 Å². The zero-order valence-electron chi connectivity index (χ0n) is 14.2. The fourth-order valence-electron chi connectivity index (χ4n) is 3.30. The molecule has 1 aromatic carbocycles. The first kappa shape index (κ1) is 17.0. The summed E-state index contributed by atoms with van der Waals surface area (Å²) in [4.78, 5) is 11.6. The standard InChI is InChI=1S/C21H21FOS/c1-13(23)10-19-14(2)20(18-9-6-16(22)12-21(18)19)11-15-4-7-17(24-3)8-5-15/h4-7,9,11-12,17H,8,10H2,1-3H3/b20-11-. The van der Waals surface area contributed by atoms with Gasteiger partial charge in [-0.05, 0) is 78.2 Å². The normalized spacial score (nSPS) is 21.2. The Morgan fingerprint density at radius 3 is 2.79 bits per heavy atom. The topological polar surface area (TPSA) is 17.1 Å². The van der Waals surface area contributed by atoms with Crippen LogP contribution in [0.15, 0.2) is 53.6 Å². The van der Waals surface area contributed by atoms with E-state index in [-0.39, 0.29) is 11.6 Å². The van der Waals surface area contributed by atoms with E-state index in [2.05, 4.69) is 30.6 Å². The van der Waals surface area contributed by atoms with Crippen molar-refractivity contribution in [3.05, 3.63) is 70.6 Å². The SMILES string of the molecule is CSC1C=CC(/C=C2/C(C)=C(CC(C)=O)c3cc(F)ccc32)=CC1. The van der Waals surface area contributed by atoms with E-state index in [0.717, 1.165) is 34.3 Å². The molecule has 1 nitrogen and oxygen atoms in total. The highest BCUT2D eigenvalue weighted by Crippen LogP contribution is 2.43. The highest BCUT2D eigenvalue weighted by Gasteiger charge is 2.25. The molecule has 0 saturated carbocycles. The van der Waals surface area contributed by atoms with Crippen LogP contribution in [0.1, 0.15) is 37.8 Å². The summed E-state index contributed by atoms with van der Waals surface area (Å²) in [5.41, 5.74) is 6.18. The van der Waals surface area contributed by atoms with E-state index >= 15 is 0 Å². The first-order valence-corrected chi connectivity index (χ1v) is 9.41. The Morgan fingerprint density at radius 1 is 1.38 bits per heavy atom. The predicted molar refractivity (Wildman–Crippen MR) is 101 cm³/mol. The molecule has 2 aliphatic carbocycles. The maximum absolute atomic E-state index is 13.7. The zero-order valence-corrected chi connectivity index (χ0v) is 15.0. The van der Waals surface area contributed by atoms with Gasteiger partial charge in [-0.25, -0.2) is 4.39 Å². The number of Topliss-reactive ketones (excluding diaryl/α,β-unsaturated/α-hetero) is 1. The van der Waals surface area contributed by atoms with Crippen LogP contribution < -0.4 is 0 Å². The monoisotopic (exact) mass is 340 g/mol. The minimum Gasteiger partial charge on any atom is -0.300 e. The van der Waals surface area contributed by atoms with Crippen molar-refractivity contribution in [2.75, 3.05) is 6.26 Å². The number of carbonyl (C=O) groups excluding carboxylic acids is 1. The number of benzene rings is 1. The summed E-state index contributed by atoms with van der Waals surface area (Å²) < 4.78 is 13.7. The van der Waals surface area contributed by atoms with Crippen LogP contribution in [0.4, 0.5) is 4.39 Å². The van der Waals surface area contributed by atoms with Gasteiger partial charge in [-0.3, -0.25) is 4.79 Å². The highest BCUT2D eigenvalue weighted by molar-refractivity contribution is 7.99. The summed E-state index contributed by atoms with van der Waals surface area (Å²) in [6, 6.07) is 4.86. The van der Waals surface area contributed by atoms with Crippen LogP contribution in [0.2, 0.25) is 0 Å². The van der Waals surface area contributed by atoms with Crippen molar-refractivity contribution in [3.8, 4) is 0 Å². The smallest absolute Gasteiger partial charge is 0.134 e. The number of ketones is 1. The lowest BCUT2D eigenvalue weighted by molar-refractivity contribution is -0.116. The quantitative estimate of drug-likeness (QED) is 0.710. The number of halogens is 1. The van der Waals surface area contributed by atoms with Crippen molar-refractivity contribution in [3.63, 3.8) is 0 Å². The van der Waals surface area contributed by atoms with E-state index in [1.54, 1.807) is 13.0 Å². The van der Waals surface area contributed by atoms with Gasteiger partial charge in [0.1, 0.15) is 11.6 Å². The summed E-state index contributed by atoms with van der Waals surface area (Å²) in [5.74, 6) is -0.163. The van der Waals surface area contributed by atoms with Gasteiger partial charge in [0, 0.05) is 11.7 Å². The third-order valence-electron chi connectivity index (χ3n) is 4.58. The number of hydrogen-bond acceptors (Lipinski definition) is 2. The lowest BCUT2D eigenvalue weighted by atomic mass is 9.98. The summed E-state index contributed by atoms with van der Waals surface area (Å²) in [7, 11) is 0. The third-order valence-corrected chi connectivity index (χ3v) is 5.54. The predicted octanol–water partition coefficient (Wildman–Crippen LogP) is 5.59. The average Bonchev–Trinajstić information content (AvgIpc) is 2.80. The van der Waals surface area contributed by atoms with E-state index in [4.69, 9.17) is 0 Å². The van der Waals surface area contributed by atoms with Gasteiger partial charge in [-0.2, -0.15) is 11.8 Å². The first-order chi connectivity index (χ1) is 11.5. The molecule has 1 unspecified atom stereocenters. The minimum atomic E-state index is -0.261. The largest absolute Gasteiger partial charge is 0.300 e. The second-order valence-electron chi connectivity index (χ2n) is 6.30. The van der Waals surface area contributed by atoms with Crippen molar-refractivity contribution in [1.82, 2.24) is 0 Å². The number of carbonyl (C=O) groups is 1. The Labute approximate surface area is 147 Å². The molecule has 0 spiro atoms. The summed E-state index contributed by atoms with van der Waals surface area (Å²) in [6.07, 6.45) is 12.3. The molecular formula is C21H21FOS. The zero-order chi connectivity index (χ0) is 17.3. The number of hydrogen-bond donors (Lipinski definition) is 0. The molecule has 0 saturated heterocycles. The molecule has 0 radical (unpaired) electrons. The molecule has 0 bridgehead atoms. The molecule has 0 fully saturated rings. The van der Waals surface area contributed by atoms with Crippen LogP contribution in [0.3, 0.4) is 0 Å². The maximum Gasteiger partial charge on any atom is 0.134 e. The number of fused-ring (bicyclic) bond motifs is 1. The molecule has 0 aliphatic heterocycles. The van der Waals surface area contributed by atoms with Crippen LogP contribution in [0.25, 0.3) is 11.1 Å². The van der Waals surface area contributed by atoms with E-state index in [1.807, 2.05) is 24.8 Å². The van der Waals surface area contributed by atoms with Crippen molar-refractivity contribution in [2.24, 2.45) is 0 Å². The second kappa shape index (κ2) is 6.94. The van der Waals surface area contributed by atoms with Crippen LogP contribution >= 0.6 is 11.8 Å². The van der Waals surface area contributed by atoms with Crippen LogP contribution in [-0.2, 0) is 4.79 Å². The molecule has 0 heterocycles. The van der Waals surface area contributed by atoms with Crippen molar-refractivity contribution in [2.45, 2.75) is 31.9 Å². The van der Waals surface area contributed by atoms with E-state index in [9.17, 15) is 9.18 Å². The van der Waals surface area contributed by atoms with Crippen LogP contribution in [0, 0.1) is 5.82 Å². The molecule has 0 N–H and O–H groups in total. The Kier molecular flexibility index (Phi) is 4.91. The molecule has 0 amide bonds. The molecule has 2 aliphatic rings. The average molecular weight is 340 g/mol. The lowest BCUT2D eigenvalue weighted by Gasteiger charge is -2.13. The Balaban J connectivity index is 2.04. The van der Waals surface area contributed by atoms with Gasteiger partial charge in [0.05, 0.1) is 0 Å². The van der Waals surface area contributed by atoms with Gasteiger partial charge in [0.15, 0.2) is 0 Å². The lowest BCUT2D eigenvalue weighted by Crippen LogP contribution is -1.99. The van der Waals surface area contributed by atoms with Gasteiger partial charge in [-0.1, -0.05) is 24.3 Å². The number of allylic oxidation sites excluding steroid dienone is 7. The molecule has 1 aromatic rings. The Bertz CT molecular complexity index is 811. The van der Waals surface area contributed by atoms with Crippen LogP contribution in [0.5, 0.6) is 0 Å². The van der Waals surface area contributed by atoms with E-state index in [0.29, 0.717) is 11.7 Å². The molecule has 1 atom stereocenters.